The lowest BCUT2D eigenvalue weighted by molar-refractivity contribution is -0.124. The lowest BCUT2D eigenvalue weighted by atomic mass is 10.2. The number of carbonyl (C=O) groups is 2. The molecule has 0 heterocycles. The lowest BCUT2D eigenvalue weighted by Gasteiger charge is -2.08. The molecule has 0 saturated carbocycles. The molecule has 0 aliphatic heterocycles. The number of esters is 1. The van der Waals surface area contributed by atoms with E-state index in [4.69, 9.17) is 9.47 Å². The van der Waals surface area contributed by atoms with Crippen LogP contribution in [0.4, 0.5) is 8.78 Å². The molecule has 2 aromatic rings. The minimum Gasteiger partial charge on any atom is -0.494 e. The molecule has 0 saturated heterocycles. The van der Waals surface area contributed by atoms with E-state index in [0.29, 0.717) is 12.4 Å². The summed E-state index contributed by atoms with van der Waals surface area (Å²) in [5.41, 5.74) is 0.411. The quantitative estimate of drug-likeness (QED) is 0.781. The number of nitrogens with one attached hydrogen (secondary N) is 1. The van der Waals surface area contributed by atoms with Crippen molar-refractivity contribution in [3.8, 4) is 5.75 Å². The monoisotopic (exact) mass is 349 g/mol. The fourth-order valence-electron chi connectivity index (χ4n) is 1.98. The van der Waals surface area contributed by atoms with Crippen LogP contribution in [0.1, 0.15) is 22.8 Å². The number of carbonyl (C=O) groups excluding carboxylic acids is 2. The highest BCUT2D eigenvalue weighted by Crippen LogP contribution is 2.13. The predicted octanol–water partition coefficient (Wildman–Crippen LogP) is 2.84. The Hall–Kier alpha value is -2.96. The van der Waals surface area contributed by atoms with Crippen molar-refractivity contribution in [2.75, 3.05) is 13.2 Å². The molecule has 1 N–H and O–H groups in total. The summed E-state index contributed by atoms with van der Waals surface area (Å²) in [5, 5.41) is 2.39. The predicted molar refractivity (Wildman–Crippen MR) is 86.1 cm³/mol. The van der Waals surface area contributed by atoms with Crippen LogP contribution in [0.5, 0.6) is 5.75 Å². The van der Waals surface area contributed by atoms with E-state index in [1.165, 1.54) is 18.2 Å². The number of hydrogen-bond acceptors (Lipinski definition) is 4. The number of benzene rings is 2. The van der Waals surface area contributed by atoms with Crippen molar-refractivity contribution in [1.82, 2.24) is 5.32 Å². The largest absolute Gasteiger partial charge is 0.494 e. The Labute approximate surface area is 143 Å². The van der Waals surface area contributed by atoms with Crippen LogP contribution in [-0.2, 0) is 16.1 Å². The fourth-order valence-corrected chi connectivity index (χ4v) is 1.98. The van der Waals surface area contributed by atoms with Crippen molar-refractivity contribution < 1.29 is 27.8 Å². The van der Waals surface area contributed by atoms with Crippen LogP contribution >= 0.6 is 0 Å². The van der Waals surface area contributed by atoms with E-state index in [-0.39, 0.29) is 17.7 Å². The number of amides is 1. The summed E-state index contributed by atoms with van der Waals surface area (Å²) in [7, 11) is 0. The van der Waals surface area contributed by atoms with Crippen LogP contribution in [0.2, 0.25) is 0 Å². The van der Waals surface area contributed by atoms with E-state index in [2.05, 4.69) is 5.32 Å². The number of hydrogen-bond donors (Lipinski definition) is 1. The maximum atomic E-state index is 13.4. The number of halogens is 2. The molecule has 2 rings (SSSR count). The Balaban J connectivity index is 1.79. The highest BCUT2D eigenvalue weighted by molar-refractivity contribution is 5.91. The van der Waals surface area contributed by atoms with Gasteiger partial charge in [0.05, 0.1) is 12.2 Å². The fraction of sp³-hybridized carbons (Fsp3) is 0.222. The molecule has 0 aromatic heterocycles. The van der Waals surface area contributed by atoms with Crippen molar-refractivity contribution in [3.63, 3.8) is 0 Å². The van der Waals surface area contributed by atoms with Gasteiger partial charge in [0.1, 0.15) is 17.4 Å². The van der Waals surface area contributed by atoms with E-state index >= 15 is 0 Å². The molecule has 25 heavy (non-hydrogen) atoms. The molecule has 2 aromatic carbocycles. The summed E-state index contributed by atoms with van der Waals surface area (Å²) in [4.78, 5) is 23.5. The van der Waals surface area contributed by atoms with Gasteiger partial charge in [0.25, 0.3) is 5.91 Å². The summed E-state index contributed by atoms with van der Waals surface area (Å²) in [6.45, 7) is 1.72. The third kappa shape index (κ3) is 5.56. The summed E-state index contributed by atoms with van der Waals surface area (Å²) in [5.74, 6) is -2.09. The van der Waals surface area contributed by atoms with Crippen molar-refractivity contribution in [3.05, 3.63) is 65.2 Å². The second kappa shape index (κ2) is 8.77. The molecule has 7 heteroatoms. The standard InChI is InChI=1S/C18H17F2NO4/c1-2-24-15-7-4-12(5-8-15)18(23)25-11-17(22)21-10-13-3-6-14(19)9-16(13)20/h3-9H,2,10-11H2,1H3,(H,21,22). The van der Waals surface area contributed by atoms with Crippen molar-refractivity contribution in [2.24, 2.45) is 0 Å². The molecule has 0 aliphatic carbocycles. The Morgan fingerprint density at radius 3 is 2.44 bits per heavy atom. The maximum absolute atomic E-state index is 13.4. The zero-order valence-electron chi connectivity index (χ0n) is 13.6. The molecule has 0 fully saturated rings. The second-order valence-electron chi connectivity index (χ2n) is 5.05. The van der Waals surface area contributed by atoms with Gasteiger partial charge in [-0.2, -0.15) is 0 Å². The maximum Gasteiger partial charge on any atom is 0.338 e. The molecule has 0 bridgehead atoms. The first-order valence-corrected chi connectivity index (χ1v) is 7.60. The lowest BCUT2D eigenvalue weighted by Crippen LogP contribution is -2.28. The Morgan fingerprint density at radius 2 is 1.80 bits per heavy atom. The minimum absolute atomic E-state index is 0.132. The third-order valence-electron chi connectivity index (χ3n) is 3.23. The molecule has 0 unspecified atom stereocenters. The summed E-state index contributed by atoms with van der Waals surface area (Å²) in [6.07, 6.45) is 0. The van der Waals surface area contributed by atoms with Gasteiger partial charge in [0.2, 0.25) is 0 Å². The zero-order chi connectivity index (χ0) is 18.2. The SMILES string of the molecule is CCOc1ccc(C(=O)OCC(=O)NCc2ccc(F)cc2F)cc1. The number of ether oxygens (including phenoxy) is 2. The summed E-state index contributed by atoms with van der Waals surface area (Å²) < 4.78 is 36.4. The van der Waals surface area contributed by atoms with Crippen molar-refractivity contribution in [1.29, 1.82) is 0 Å². The first kappa shape index (κ1) is 18.4. The molecule has 0 radical (unpaired) electrons. The van der Waals surface area contributed by atoms with Crippen LogP contribution in [0, 0.1) is 11.6 Å². The van der Waals surface area contributed by atoms with Crippen LogP contribution < -0.4 is 10.1 Å². The average molecular weight is 349 g/mol. The summed E-state index contributed by atoms with van der Waals surface area (Å²) >= 11 is 0. The average Bonchev–Trinajstić information content (AvgIpc) is 2.60. The van der Waals surface area contributed by atoms with Gasteiger partial charge in [-0.1, -0.05) is 6.07 Å². The van der Waals surface area contributed by atoms with Crippen LogP contribution in [0.3, 0.4) is 0 Å². The highest BCUT2D eigenvalue weighted by atomic mass is 19.1. The minimum atomic E-state index is -0.758. The topological polar surface area (TPSA) is 64.6 Å². The van der Waals surface area contributed by atoms with E-state index < -0.39 is 30.1 Å². The smallest absolute Gasteiger partial charge is 0.338 e. The molecular weight excluding hydrogens is 332 g/mol. The molecule has 0 atom stereocenters. The van der Waals surface area contributed by atoms with Crippen LogP contribution in [0.15, 0.2) is 42.5 Å². The van der Waals surface area contributed by atoms with E-state index in [1.54, 1.807) is 12.1 Å². The molecule has 0 aliphatic rings. The van der Waals surface area contributed by atoms with Gasteiger partial charge in [-0.15, -0.1) is 0 Å². The second-order valence-corrected chi connectivity index (χ2v) is 5.05. The normalized spacial score (nSPS) is 10.2. The zero-order valence-corrected chi connectivity index (χ0v) is 13.6. The molecule has 132 valence electrons. The first-order chi connectivity index (χ1) is 12.0. The van der Waals surface area contributed by atoms with E-state index in [9.17, 15) is 18.4 Å². The molecule has 0 spiro atoms. The molecule has 5 nitrogen and oxygen atoms in total. The molecular formula is C18H17F2NO4. The third-order valence-corrected chi connectivity index (χ3v) is 3.23. The van der Waals surface area contributed by atoms with Crippen LogP contribution in [-0.4, -0.2) is 25.1 Å². The number of rotatable bonds is 7. The van der Waals surface area contributed by atoms with Gasteiger partial charge < -0.3 is 14.8 Å². The Morgan fingerprint density at radius 1 is 1.08 bits per heavy atom. The van der Waals surface area contributed by atoms with Gasteiger partial charge in [-0.25, -0.2) is 13.6 Å². The van der Waals surface area contributed by atoms with Gasteiger partial charge in [0.15, 0.2) is 6.61 Å². The molecule has 1 amide bonds. The van der Waals surface area contributed by atoms with Crippen molar-refractivity contribution >= 4 is 11.9 Å². The van der Waals surface area contributed by atoms with E-state index in [1.807, 2.05) is 6.92 Å². The Bertz CT molecular complexity index is 747. The van der Waals surface area contributed by atoms with Gasteiger partial charge in [0, 0.05) is 18.2 Å². The Kier molecular flexibility index (Phi) is 6.45. The van der Waals surface area contributed by atoms with Crippen molar-refractivity contribution in [2.45, 2.75) is 13.5 Å². The van der Waals surface area contributed by atoms with Gasteiger partial charge in [-0.3, -0.25) is 4.79 Å². The first-order valence-electron chi connectivity index (χ1n) is 7.60. The van der Waals surface area contributed by atoms with Gasteiger partial charge in [-0.05, 0) is 37.3 Å². The van der Waals surface area contributed by atoms with Gasteiger partial charge >= 0.3 is 5.97 Å². The highest BCUT2D eigenvalue weighted by Gasteiger charge is 2.11. The van der Waals surface area contributed by atoms with Crippen LogP contribution in [0.25, 0.3) is 0 Å². The summed E-state index contributed by atoms with van der Waals surface area (Å²) in [6, 6.07) is 9.36. The van der Waals surface area contributed by atoms with E-state index in [0.717, 1.165) is 12.1 Å².